The van der Waals surface area contributed by atoms with Crippen molar-refractivity contribution in [2.45, 2.75) is 56.7 Å². The van der Waals surface area contributed by atoms with Gasteiger partial charge in [-0.15, -0.1) is 23.5 Å². The molecule has 0 saturated carbocycles. The van der Waals surface area contributed by atoms with E-state index in [0.717, 1.165) is 11.5 Å². The summed E-state index contributed by atoms with van der Waals surface area (Å²) in [4.78, 5) is 0. The number of aliphatic hydroxyl groups is 1. The lowest BCUT2D eigenvalue weighted by molar-refractivity contribution is -0.151. The molecule has 0 aromatic carbocycles. The SMILES string of the molecule is [2H]C(C[C@H](O)[C@H]1COC(C)(C)O1)(SCC)SCC. The molecule has 5 heteroatoms. The highest BCUT2D eigenvalue weighted by atomic mass is 32.2. The van der Waals surface area contributed by atoms with E-state index in [-0.39, 0.29) is 6.10 Å². The number of rotatable bonds is 7. The predicted molar refractivity (Wildman–Crippen MR) is 75.6 cm³/mol. The van der Waals surface area contributed by atoms with Crippen molar-refractivity contribution in [3.8, 4) is 0 Å². The second kappa shape index (κ2) is 7.24. The highest BCUT2D eigenvalue weighted by molar-refractivity contribution is 8.16. The third kappa shape index (κ3) is 5.39. The Kier molecular flexibility index (Phi) is 5.96. The predicted octanol–water partition coefficient (Wildman–Crippen LogP) is 2.72. The topological polar surface area (TPSA) is 38.7 Å². The van der Waals surface area contributed by atoms with Crippen LogP contribution >= 0.6 is 23.5 Å². The van der Waals surface area contributed by atoms with Crippen LogP contribution in [0.1, 0.15) is 35.5 Å². The molecule has 3 nitrogen and oxygen atoms in total. The highest BCUT2D eigenvalue weighted by Crippen LogP contribution is 2.31. The zero-order valence-electron chi connectivity index (χ0n) is 12.1. The molecule has 102 valence electrons. The van der Waals surface area contributed by atoms with E-state index in [1.54, 1.807) is 23.5 Å². The molecule has 1 N–H and O–H groups in total. The van der Waals surface area contributed by atoms with Crippen molar-refractivity contribution in [3.05, 3.63) is 0 Å². The first kappa shape index (κ1) is 14.0. The minimum absolute atomic E-state index is 0.320. The Labute approximate surface area is 114 Å². The summed E-state index contributed by atoms with van der Waals surface area (Å²) in [5, 5.41) is 10.2. The molecule has 0 aromatic heterocycles. The summed E-state index contributed by atoms with van der Waals surface area (Å²) in [7, 11) is 0. The number of aliphatic hydroxyl groups excluding tert-OH is 1. The summed E-state index contributed by atoms with van der Waals surface area (Å²) in [6.45, 7) is 8.16. The van der Waals surface area contributed by atoms with Crippen LogP contribution in [0.4, 0.5) is 0 Å². The molecule has 0 unspecified atom stereocenters. The maximum absolute atomic E-state index is 10.2. The summed E-state index contributed by atoms with van der Waals surface area (Å²) in [5.41, 5.74) is 0. The minimum Gasteiger partial charge on any atom is -0.390 e. The van der Waals surface area contributed by atoms with Crippen LogP contribution in [0.2, 0.25) is 0 Å². The van der Waals surface area contributed by atoms with Crippen molar-refractivity contribution in [1.82, 2.24) is 0 Å². The molecule has 1 fully saturated rings. The number of hydrogen-bond acceptors (Lipinski definition) is 5. The van der Waals surface area contributed by atoms with Gasteiger partial charge in [-0.2, -0.15) is 0 Å². The first-order chi connectivity index (χ1) is 8.32. The van der Waals surface area contributed by atoms with Gasteiger partial charge >= 0.3 is 0 Å². The highest BCUT2D eigenvalue weighted by Gasteiger charge is 2.37. The van der Waals surface area contributed by atoms with Crippen LogP contribution in [-0.4, -0.2) is 45.8 Å². The molecule has 0 spiro atoms. The smallest absolute Gasteiger partial charge is 0.163 e. The van der Waals surface area contributed by atoms with E-state index in [9.17, 15) is 5.11 Å². The molecule has 0 radical (unpaired) electrons. The van der Waals surface area contributed by atoms with Gasteiger partial charge in [0, 0.05) is 0 Å². The lowest BCUT2D eigenvalue weighted by atomic mass is 10.2. The lowest BCUT2D eigenvalue weighted by Crippen LogP contribution is -2.32. The molecule has 17 heavy (non-hydrogen) atoms. The van der Waals surface area contributed by atoms with Gasteiger partial charge in [-0.3, -0.25) is 0 Å². The molecule has 1 heterocycles. The van der Waals surface area contributed by atoms with Gasteiger partial charge in [-0.25, -0.2) is 0 Å². The van der Waals surface area contributed by atoms with Crippen LogP contribution in [0.15, 0.2) is 0 Å². The molecular formula is C12H24O3S2. The fourth-order valence-corrected chi connectivity index (χ4v) is 3.95. The van der Waals surface area contributed by atoms with Crippen molar-refractivity contribution in [2.75, 3.05) is 18.1 Å². The zero-order valence-corrected chi connectivity index (χ0v) is 12.7. The van der Waals surface area contributed by atoms with Gasteiger partial charge in [-0.05, 0) is 31.8 Å². The van der Waals surface area contributed by atoms with Crippen LogP contribution < -0.4 is 0 Å². The molecule has 1 aliphatic rings. The van der Waals surface area contributed by atoms with E-state index >= 15 is 0 Å². The fourth-order valence-electron chi connectivity index (χ4n) is 1.69. The van der Waals surface area contributed by atoms with Crippen molar-refractivity contribution in [2.24, 2.45) is 0 Å². The quantitative estimate of drug-likeness (QED) is 0.726. The second-order valence-electron chi connectivity index (χ2n) is 4.38. The van der Waals surface area contributed by atoms with E-state index < -0.39 is 16.4 Å². The summed E-state index contributed by atoms with van der Waals surface area (Å²) in [6, 6.07) is 0. The first-order valence-corrected chi connectivity index (χ1v) is 8.07. The van der Waals surface area contributed by atoms with E-state index in [4.69, 9.17) is 10.8 Å². The molecule has 0 aliphatic carbocycles. The van der Waals surface area contributed by atoms with Gasteiger partial charge in [0.05, 0.1) is 18.6 Å². The zero-order chi connectivity index (χ0) is 13.8. The van der Waals surface area contributed by atoms with Gasteiger partial charge in [0.25, 0.3) is 0 Å². The Hall–Kier alpha value is 0.580. The first-order valence-electron chi connectivity index (χ1n) is 6.59. The molecule has 1 saturated heterocycles. The Morgan fingerprint density at radius 3 is 2.41 bits per heavy atom. The van der Waals surface area contributed by atoms with Gasteiger partial charge in [0.1, 0.15) is 6.10 Å². The molecule has 0 bridgehead atoms. The minimum atomic E-state index is -0.695. The van der Waals surface area contributed by atoms with Crippen molar-refractivity contribution >= 4 is 23.5 Å². The van der Waals surface area contributed by atoms with Gasteiger partial charge < -0.3 is 14.6 Å². The third-order valence-electron chi connectivity index (χ3n) is 2.45. The number of ether oxygens (including phenoxy) is 2. The number of thioether (sulfide) groups is 2. The number of hydrogen-bond donors (Lipinski definition) is 1. The average molecular weight is 281 g/mol. The van der Waals surface area contributed by atoms with Crippen LogP contribution in [0.25, 0.3) is 0 Å². The molecule has 1 aliphatic heterocycles. The largest absolute Gasteiger partial charge is 0.390 e. The maximum atomic E-state index is 10.2. The summed E-state index contributed by atoms with van der Waals surface area (Å²) in [5.74, 6) is 1.12. The van der Waals surface area contributed by atoms with E-state index in [0.29, 0.717) is 13.0 Å². The van der Waals surface area contributed by atoms with E-state index in [1.165, 1.54) is 0 Å². The Balaban J connectivity index is 2.53. The van der Waals surface area contributed by atoms with Gasteiger partial charge in [-0.1, -0.05) is 13.8 Å². The summed E-state index contributed by atoms with van der Waals surface area (Å²) < 4.78 is 18.8. The third-order valence-corrected chi connectivity index (χ3v) is 4.71. The van der Waals surface area contributed by atoms with E-state index in [1.807, 2.05) is 27.7 Å². The van der Waals surface area contributed by atoms with Crippen LogP contribution in [-0.2, 0) is 9.47 Å². The molecule has 1 rings (SSSR count). The van der Waals surface area contributed by atoms with Crippen molar-refractivity contribution in [3.63, 3.8) is 0 Å². The van der Waals surface area contributed by atoms with Crippen LogP contribution in [0, 0.1) is 0 Å². The van der Waals surface area contributed by atoms with Gasteiger partial charge in [0.2, 0.25) is 0 Å². The maximum Gasteiger partial charge on any atom is 0.163 e. The second-order valence-corrected chi connectivity index (χ2v) is 7.35. The molecular weight excluding hydrogens is 256 g/mol. The van der Waals surface area contributed by atoms with Crippen LogP contribution in [0.5, 0.6) is 0 Å². The molecule has 0 aromatic rings. The summed E-state index contributed by atoms with van der Waals surface area (Å²) in [6.07, 6.45) is -0.573. The standard InChI is InChI=1S/C12H24O3S2/c1-5-16-11(17-6-2)7-9(13)10-8-14-12(3,4)15-10/h9-11,13H,5-8H2,1-4H3/t9-,10+/m0/s1/i11D. The Bertz CT molecular complexity index is 258. The van der Waals surface area contributed by atoms with E-state index in [2.05, 4.69) is 0 Å². The molecule has 2 atom stereocenters. The fraction of sp³-hybridized carbons (Fsp3) is 1.00. The lowest BCUT2D eigenvalue weighted by Gasteiger charge is -2.23. The molecule has 0 amide bonds. The normalized spacial score (nSPS) is 26.9. The van der Waals surface area contributed by atoms with Crippen LogP contribution in [0.3, 0.4) is 0 Å². The van der Waals surface area contributed by atoms with Gasteiger partial charge in [0.15, 0.2) is 5.79 Å². The van der Waals surface area contributed by atoms with Crippen molar-refractivity contribution < 1.29 is 16.0 Å². The monoisotopic (exact) mass is 281 g/mol. The van der Waals surface area contributed by atoms with Crippen molar-refractivity contribution in [1.29, 1.82) is 0 Å². The Morgan fingerprint density at radius 1 is 1.41 bits per heavy atom. The average Bonchev–Trinajstić information content (AvgIpc) is 2.59. The summed E-state index contributed by atoms with van der Waals surface area (Å²) >= 11 is 3.13. The Morgan fingerprint density at radius 2 is 2.00 bits per heavy atom.